The molecule has 0 bridgehead atoms. The SMILES string of the molecule is CC(C)(C)N1CCC(NC(=O)c2cc(N)cc(F)c2)CC1. The zero-order chi connectivity index (χ0) is 15.6. The minimum Gasteiger partial charge on any atom is -0.399 e. The van der Waals surface area contributed by atoms with Crippen LogP contribution in [-0.4, -0.2) is 35.5 Å². The highest BCUT2D eigenvalue weighted by Gasteiger charge is 2.27. The van der Waals surface area contributed by atoms with Gasteiger partial charge in [-0.1, -0.05) is 0 Å². The van der Waals surface area contributed by atoms with Crippen molar-refractivity contribution in [3.05, 3.63) is 29.6 Å². The fraction of sp³-hybridized carbons (Fsp3) is 0.562. The number of nitrogens with one attached hydrogen (secondary N) is 1. The molecular weight excluding hydrogens is 269 g/mol. The maximum Gasteiger partial charge on any atom is 0.251 e. The highest BCUT2D eigenvalue weighted by atomic mass is 19.1. The monoisotopic (exact) mass is 293 g/mol. The van der Waals surface area contributed by atoms with Crippen molar-refractivity contribution in [3.63, 3.8) is 0 Å². The Bertz CT molecular complexity index is 496. The molecule has 0 aromatic heterocycles. The van der Waals surface area contributed by atoms with E-state index in [1.54, 1.807) is 0 Å². The van der Waals surface area contributed by atoms with Crippen molar-refractivity contribution in [2.24, 2.45) is 0 Å². The summed E-state index contributed by atoms with van der Waals surface area (Å²) in [5.74, 6) is -0.738. The van der Waals surface area contributed by atoms with Gasteiger partial charge in [0.2, 0.25) is 0 Å². The quantitative estimate of drug-likeness (QED) is 0.823. The molecule has 2 rings (SSSR count). The zero-order valence-electron chi connectivity index (χ0n) is 12.9. The molecule has 4 nitrogen and oxygen atoms in total. The third kappa shape index (κ3) is 4.17. The molecule has 116 valence electrons. The van der Waals surface area contributed by atoms with Crippen molar-refractivity contribution in [1.82, 2.24) is 10.2 Å². The molecule has 5 heteroatoms. The number of benzene rings is 1. The Morgan fingerprint density at radius 3 is 2.43 bits per heavy atom. The maximum atomic E-state index is 13.3. The average molecular weight is 293 g/mol. The summed E-state index contributed by atoms with van der Waals surface area (Å²) in [5, 5.41) is 2.97. The summed E-state index contributed by atoms with van der Waals surface area (Å²) < 4.78 is 13.3. The first-order chi connectivity index (χ1) is 9.75. The number of nitrogens with zero attached hydrogens (tertiary/aromatic N) is 1. The first kappa shape index (κ1) is 15.8. The second-order valence-electron chi connectivity index (χ2n) is 6.68. The number of rotatable bonds is 2. The van der Waals surface area contributed by atoms with Gasteiger partial charge in [-0.2, -0.15) is 0 Å². The van der Waals surface area contributed by atoms with E-state index >= 15 is 0 Å². The Labute approximate surface area is 125 Å². The van der Waals surface area contributed by atoms with Crippen molar-refractivity contribution in [2.75, 3.05) is 18.8 Å². The topological polar surface area (TPSA) is 58.4 Å². The van der Waals surface area contributed by atoms with Crippen molar-refractivity contribution in [1.29, 1.82) is 0 Å². The smallest absolute Gasteiger partial charge is 0.251 e. The molecule has 1 amide bonds. The first-order valence-corrected chi connectivity index (χ1v) is 7.38. The zero-order valence-corrected chi connectivity index (χ0v) is 12.9. The largest absolute Gasteiger partial charge is 0.399 e. The molecule has 0 saturated carbocycles. The van der Waals surface area contributed by atoms with Gasteiger partial charge in [-0.15, -0.1) is 0 Å². The molecule has 1 aromatic carbocycles. The molecule has 1 aliphatic heterocycles. The fourth-order valence-electron chi connectivity index (χ4n) is 2.71. The molecule has 1 fully saturated rings. The van der Waals surface area contributed by atoms with Crippen LogP contribution in [0.4, 0.5) is 10.1 Å². The second kappa shape index (κ2) is 6.02. The van der Waals surface area contributed by atoms with Gasteiger partial charge in [-0.25, -0.2) is 4.39 Å². The van der Waals surface area contributed by atoms with Crippen LogP contribution in [0.3, 0.4) is 0 Å². The maximum absolute atomic E-state index is 13.3. The van der Waals surface area contributed by atoms with Crippen molar-refractivity contribution >= 4 is 11.6 Å². The Morgan fingerprint density at radius 2 is 1.90 bits per heavy atom. The lowest BCUT2D eigenvalue weighted by Crippen LogP contribution is -2.50. The molecule has 0 unspecified atom stereocenters. The van der Waals surface area contributed by atoms with Gasteiger partial charge in [-0.3, -0.25) is 9.69 Å². The second-order valence-corrected chi connectivity index (χ2v) is 6.68. The Hall–Kier alpha value is -1.62. The number of likely N-dealkylation sites (tertiary alicyclic amines) is 1. The number of hydrogen-bond donors (Lipinski definition) is 2. The molecule has 1 saturated heterocycles. The van der Waals surface area contributed by atoms with E-state index in [1.807, 2.05) is 0 Å². The number of nitrogens with two attached hydrogens (primary N) is 1. The lowest BCUT2D eigenvalue weighted by atomic mass is 9.98. The van der Waals surface area contributed by atoms with Gasteiger partial charge >= 0.3 is 0 Å². The van der Waals surface area contributed by atoms with Crippen molar-refractivity contribution < 1.29 is 9.18 Å². The molecule has 1 aromatic rings. The Kier molecular flexibility index (Phi) is 4.52. The van der Waals surface area contributed by atoms with Gasteiger partial charge in [0.15, 0.2) is 0 Å². The van der Waals surface area contributed by atoms with Crippen LogP contribution in [0.25, 0.3) is 0 Å². The molecular formula is C16H24FN3O. The molecule has 1 heterocycles. The third-order valence-corrected chi connectivity index (χ3v) is 3.96. The van der Waals surface area contributed by atoms with E-state index in [0.29, 0.717) is 0 Å². The molecule has 1 aliphatic rings. The minimum absolute atomic E-state index is 0.139. The summed E-state index contributed by atoms with van der Waals surface area (Å²) in [6.07, 6.45) is 1.82. The first-order valence-electron chi connectivity index (χ1n) is 7.38. The van der Waals surface area contributed by atoms with E-state index in [2.05, 4.69) is 31.0 Å². The van der Waals surface area contributed by atoms with Crippen LogP contribution >= 0.6 is 0 Å². The van der Waals surface area contributed by atoms with Gasteiger partial charge in [0.05, 0.1) is 0 Å². The number of amides is 1. The number of halogens is 1. The van der Waals surface area contributed by atoms with E-state index in [1.165, 1.54) is 18.2 Å². The van der Waals surface area contributed by atoms with Gasteiger partial charge in [0, 0.05) is 35.9 Å². The van der Waals surface area contributed by atoms with E-state index < -0.39 is 5.82 Å². The molecule has 0 spiro atoms. The van der Waals surface area contributed by atoms with Gasteiger partial charge in [-0.05, 0) is 51.8 Å². The number of carbonyl (C=O) groups excluding carboxylic acids is 1. The summed E-state index contributed by atoms with van der Waals surface area (Å²) in [4.78, 5) is 14.6. The average Bonchev–Trinajstić information content (AvgIpc) is 2.37. The minimum atomic E-state index is -0.484. The summed E-state index contributed by atoms with van der Waals surface area (Å²) >= 11 is 0. The van der Waals surface area contributed by atoms with Crippen LogP contribution in [0.15, 0.2) is 18.2 Å². The lowest BCUT2D eigenvalue weighted by molar-refractivity contribution is 0.0812. The van der Waals surface area contributed by atoms with Crippen LogP contribution in [-0.2, 0) is 0 Å². The van der Waals surface area contributed by atoms with E-state index in [9.17, 15) is 9.18 Å². The van der Waals surface area contributed by atoms with Gasteiger partial charge < -0.3 is 11.1 Å². The number of hydrogen-bond acceptors (Lipinski definition) is 3. The standard InChI is InChI=1S/C16H24FN3O/c1-16(2,3)20-6-4-14(5-7-20)19-15(21)11-8-12(17)10-13(18)9-11/h8-10,14H,4-7,18H2,1-3H3,(H,19,21). The molecule has 21 heavy (non-hydrogen) atoms. The molecule has 0 aliphatic carbocycles. The molecule has 0 radical (unpaired) electrons. The summed E-state index contributed by atoms with van der Waals surface area (Å²) in [5.41, 5.74) is 6.28. The Morgan fingerprint density at radius 1 is 1.29 bits per heavy atom. The Balaban J connectivity index is 1.93. The third-order valence-electron chi connectivity index (χ3n) is 3.96. The molecule has 0 atom stereocenters. The van der Waals surface area contributed by atoms with Gasteiger partial charge in [0.25, 0.3) is 5.91 Å². The van der Waals surface area contributed by atoms with E-state index in [4.69, 9.17) is 5.73 Å². The van der Waals surface area contributed by atoms with E-state index in [-0.39, 0.29) is 28.7 Å². The van der Waals surface area contributed by atoms with Crippen LogP contribution in [0, 0.1) is 5.82 Å². The predicted molar refractivity (Wildman–Crippen MR) is 82.6 cm³/mol. The van der Waals surface area contributed by atoms with Crippen molar-refractivity contribution in [3.8, 4) is 0 Å². The van der Waals surface area contributed by atoms with E-state index in [0.717, 1.165) is 25.9 Å². The number of anilines is 1. The molecule has 3 N–H and O–H groups in total. The number of nitrogen functional groups attached to an aromatic ring is 1. The lowest BCUT2D eigenvalue weighted by Gasteiger charge is -2.41. The van der Waals surface area contributed by atoms with Crippen LogP contribution in [0.5, 0.6) is 0 Å². The highest BCUT2D eigenvalue weighted by Crippen LogP contribution is 2.20. The summed E-state index contributed by atoms with van der Waals surface area (Å²) in [6, 6.07) is 4.07. The van der Waals surface area contributed by atoms with Crippen molar-refractivity contribution in [2.45, 2.75) is 45.2 Å². The fourth-order valence-corrected chi connectivity index (χ4v) is 2.71. The van der Waals surface area contributed by atoms with Crippen LogP contribution in [0.2, 0.25) is 0 Å². The highest BCUT2D eigenvalue weighted by molar-refractivity contribution is 5.95. The summed E-state index contributed by atoms with van der Waals surface area (Å²) in [7, 11) is 0. The normalized spacial score (nSPS) is 17.7. The van der Waals surface area contributed by atoms with Crippen LogP contribution in [0.1, 0.15) is 44.0 Å². The number of piperidine rings is 1. The predicted octanol–water partition coefficient (Wildman–Crippen LogP) is 2.40. The van der Waals surface area contributed by atoms with Gasteiger partial charge in [0.1, 0.15) is 5.82 Å². The van der Waals surface area contributed by atoms with Crippen LogP contribution < -0.4 is 11.1 Å². The summed E-state index contributed by atoms with van der Waals surface area (Å²) in [6.45, 7) is 8.50. The number of carbonyl (C=O) groups is 1.